The van der Waals surface area contributed by atoms with Crippen molar-refractivity contribution in [2.75, 3.05) is 0 Å². The number of nitrogens with zero attached hydrogens (tertiary/aromatic N) is 1. The predicted molar refractivity (Wildman–Crippen MR) is 62.9 cm³/mol. The summed E-state index contributed by atoms with van der Waals surface area (Å²) in [5, 5.41) is 0.662. The average molecular weight is 235 g/mol. The summed E-state index contributed by atoms with van der Waals surface area (Å²) in [7, 11) is 0. The first-order chi connectivity index (χ1) is 6.16. The van der Waals surface area contributed by atoms with E-state index in [2.05, 4.69) is 18.8 Å². The molecule has 0 aliphatic rings. The molecule has 1 aromatic heterocycles. The molecule has 0 radical (unpaired) electrons. The fourth-order valence-electron chi connectivity index (χ4n) is 1.22. The number of rotatable bonds is 3. The van der Waals surface area contributed by atoms with Crippen molar-refractivity contribution in [3.8, 4) is 0 Å². The maximum Gasteiger partial charge on any atom is 0.0637 e. The van der Waals surface area contributed by atoms with E-state index >= 15 is 0 Å². The summed E-state index contributed by atoms with van der Waals surface area (Å²) < 4.78 is 0. The highest BCUT2D eigenvalue weighted by atomic mass is 35.5. The van der Waals surface area contributed by atoms with Gasteiger partial charge in [-0.15, -0.1) is 12.4 Å². The SMILES string of the molecule is CCC(C)[C@H](N)c1ccncc1Cl.Cl. The van der Waals surface area contributed by atoms with Crippen LogP contribution in [0.3, 0.4) is 0 Å². The van der Waals surface area contributed by atoms with Crippen LogP contribution in [0.15, 0.2) is 18.5 Å². The van der Waals surface area contributed by atoms with Crippen LogP contribution in [0.4, 0.5) is 0 Å². The first kappa shape index (κ1) is 13.7. The maximum absolute atomic E-state index is 6.04. The molecular formula is C10H16Cl2N2. The van der Waals surface area contributed by atoms with E-state index in [0.717, 1.165) is 12.0 Å². The lowest BCUT2D eigenvalue weighted by Gasteiger charge is -2.19. The molecule has 0 spiro atoms. The minimum absolute atomic E-state index is 0. The van der Waals surface area contributed by atoms with Gasteiger partial charge in [0.2, 0.25) is 0 Å². The van der Waals surface area contributed by atoms with Gasteiger partial charge in [0.25, 0.3) is 0 Å². The van der Waals surface area contributed by atoms with Crippen molar-refractivity contribution < 1.29 is 0 Å². The Kier molecular flexibility index (Phi) is 6.09. The second-order valence-corrected chi connectivity index (χ2v) is 3.72. The van der Waals surface area contributed by atoms with Crippen LogP contribution >= 0.6 is 24.0 Å². The Balaban J connectivity index is 0.00000169. The lowest BCUT2D eigenvalue weighted by molar-refractivity contribution is 0.456. The predicted octanol–water partition coefficient (Wildman–Crippen LogP) is 3.20. The summed E-state index contributed by atoms with van der Waals surface area (Å²) >= 11 is 5.98. The molecule has 0 aliphatic carbocycles. The van der Waals surface area contributed by atoms with Crippen LogP contribution in [0, 0.1) is 5.92 Å². The van der Waals surface area contributed by atoms with Crippen molar-refractivity contribution in [3.63, 3.8) is 0 Å². The van der Waals surface area contributed by atoms with Crippen LogP contribution < -0.4 is 5.73 Å². The molecule has 1 unspecified atom stereocenters. The summed E-state index contributed by atoms with van der Waals surface area (Å²) in [5.41, 5.74) is 7.03. The highest BCUT2D eigenvalue weighted by molar-refractivity contribution is 6.31. The average Bonchev–Trinajstić information content (AvgIpc) is 2.16. The highest BCUT2D eigenvalue weighted by Gasteiger charge is 2.15. The number of pyridine rings is 1. The molecule has 0 aliphatic heterocycles. The molecule has 2 atom stereocenters. The smallest absolute Gasteiger partial charge is 0.0637 e. The number of halogens is 2. The molecule has 14 heavy (non-hydrogen) atoms. The Morgan fingerprint density at radius 3 is 2.71 bits per heavy atom. The third kappa shape index (κ3) is 3.12. The van der Waals surface area contributed by atoms with Crippen molar-refractivity contribution in [1.29, 1.82) is 0 Å². The van der Waals surface area contributed by atoms with E-state index in [1.165, 1.54) is 0 Å². The molecular weight excluding hydrogens is 219 g/mol. The third-order valence-corrected chi connectivity index (χ3v) is 2.74. The molecule has 1 rings (SSSR count). The van der Waals surface area contributed by atoms with E-state index in [0.29, 0.717) is 10.9 Å². The zero-order valence-corrected chi connectivity index (χ0v) is 9.98. The second kappa shape index (κ2) is 6.23. The van der Waals surface area contributed by atoms with E-state index < -0.39 is 0 Å². The Morgan fingerprint density at radius 2 is 2.21 bits per heavy atom. The van der Waals surface area contributed by atoms with Crippen LogP contribution in [-0.4, -0.2) is 4.98 Å². The number of nitrogens with two attached hydrogens (primary N) is 1. The van der Waals surface area contributed by atoms with Crippen LogP contribution in [0.1, 0.15) is 31.9 Å². The van der Waals surface area contributed by atoms with Gasteiger partial charge in [-0.1, -0.05) is 31.9 Å². The molecule has 0 saturated carbocycles. The maximum atomic E-state index is 6.04. The van der Waals surface area contributed by atoms with Crippen molar-refractivity contribution in [2.24, 2.45) is 11.7 Å². The number of aromatic nitrogens is 1. The van der Waals surface area contributed by atoms with Crippen LogP contribution in [0.25, 0.3) is 0 Å². The van der Waals surface area contributed by atoms with Gasteiger partial charge < -0.3 is 5.73 Å². The van der Waals surface area contributed by atoms with Crippen LogP contribution in [-0.2, 0) is 0 Å². The van der Waals surface area contributed by atoms with Gasteiger partial charge in [-0.25, -0.2) is 0 Å². The van der Waals surface area contributed by atoms with Crippen molar-refractivity contribution in [3.05, 3.63) is 29.0 Å². The second-order valence-electron chi connectivity index (χ2n) is 3.31. The zero-order chi connectivity index (χ0) is 9.84. The fourth-order valence-corrected chi connectivity index (χ4v) is 1.46. The minimum atomic E-state index is 0. The van der Waals surface area contributed by atoms with Gasteiger partial charge in [0.05, 0.1) is 5.02 Å². The van der Waals surface area contributed by atoms with Crippen molar-refractivity contribution >= 4 is 24.0 Å². The van der Waals surface area contributed by atoms with Gasteiger partial charge in [0, 0.05) is 18.4 Å². The molecule has 0 aromatic carbocycles. The number of hydrogen-bond donors (Lipinski definition) is 1. The van der Waals surface area contributed by atoms with Crippen molar-refractivity contribution in [1.82, 2.24) is 4.98 Å². The van der Waals surface area contributed by atoms with E-state index in [1.54, 1.807) is 12.4 Å². The summed E-state index contributed by atoms with van der Waals surface area (Å²) in [6.45, 7) is 4.25. The Morgan fingerprint density at radius 1 is 1.57 bits per heavy atom. The van der Waals surface area contributed by atoms with Gasteiger partial charge in [0.1, 0.15) is 0 Å². The molecule has 2 nitrogen and oxygen atoms in total. The molecule has 0 bridgehead atoms. The molecule has 80 valence electrons. The minimum Gasteiger partial charge on any atom is -0.324 e. The Hall–Kier alpha value is -0.310. The lowest BCUT2D eigenvalue weighted by atomic mass is 9.94. The molecule has 0 fully saturated rings. The summed E-state index contributed by atoms with van der Waals surface area (Å²) in [5.74, 6) is 0.444. The van der Waals surface area contributed by atoms with Gasteiger partial charge >= 0.3 is 0 Å². The first-order valence-electron chi connectivity index (χ1n) is 4.51. The molecule has 2 N–H and O–H groups in total. The first-order valence-corrected chi connectivity index (χ1v) is 4.89. The monoisotopic (exact) mass is 234 g/mol. The fraction of sp³-hybridized carbons (Fsp3) is 0.500. The Bertz CT molecular complexity index is 279. The van der Waals surface area contributed by atoms with Crippen molar-refractivity contribution in [2.45, 2.75) is 26.3 Å². The van der Waals surface area contributed by atoms with Gasteiger partial charge in [-0.05, 0) is 17.5 Å². The Labute approximate surface area is 96.3 Å². The largest absolute Gasteiger partial charge is 0.324 e. The summed E-state index contributed by atoms with van der Waals surface area (Å²) in [6, 6.07) is 1.90. The zero-order valence-electron chi connectivity index (χ0n) is 8.40. The highest BCUT2D eigenvalue weighted by Crippen LogP contribution is 2.26. The van der Waals surface area contributed by atoms with E-state index in [-0.39, 0.29) is 18.4 Å². The molecule has 4 heteroatoms. The lowest BCUT2D eigenvalue weighted by Crippen LogP contribution is -2.18. The normalized spacial score (nSPS) is 14.3. The number of hydrogen-bond acceptors (Lipinski definition) is 2. The molecule has 1 heterocycles. The van der Waals surface area contributed by atoms with Gasteiger partial charge in [0.15, 0.2) is 0 Å². The van der Waals surface area contributed by atoms with Gasteiger partial charge in [-0.2, -0.15) is 0 Å². The third-order valence-electron chi connectivity index (χ3n) is 2.42. The summed E-state index contributed by atoms with van der Waals surface area (Å²) in [6.07, 6.45) is 4.42. The standard InChI is InChI=1S/C10H15ClN2.ClH/c1-3-7(2)10(12)8-4-5-13-6-9(8)11;/h4-7,10H,3,12H2,1-2H3;1H/t7?,10-;/m0./s1. The van der Waals surface area contributed by atoms with Gasteiger partial charge in [-0.3, -0.25) is 4.98 Å². The summed E-state index contributed by atoms with van der Waals surface area (Å²) in [4.78, 5) is 3.92. The van der Waals surface area contributed by atoms with Crippen LogP contribution in [0.2, 0.25) is 5.02 Å². The quantitative estimate of drug-likeness (QED) is 0.873. The topological polar surface area (TPSA) is 38.9 Å². The van der Waals surface area contributed by atoms with E-state index in [1.807, 2.05) is 6.07 Å². The molecule has 1 aromatic rings. The van der Waals surface area contributed by atoms with Crippen LogP contribution in [0.5, 0.6) is 0 Å². The molecule has 0 amide bonds. The van der Waals surface area contributed by atoms with E-state index in [4.69, 9.17) is 17.3 Å². The van der Waals surface area contributed by atoms with E-state index in [9.17, 15) is 0 Å². The molecule has 0 saturated heterocycles.